The van der Waals surface area contributed by atoms with E-state index in [2.05, 4.69) is 21.6 Å². The lowest BCUT2D eigenvalue weighted by Crippen LogP contribution is -2.15. The first kappa shape index (κ1) is 14.1. The number of H-pyrrole nitrogens is 1. The van der Waals surface area contributed by atoms with E-state index >= 15 is 0 Å². The molecule has 1 aromatic heterocycles. The Kier molecular flexibility index (Phi) is 3.74. The molecule has 3 aromatic rings. The zero-order valence-electron chi connectivity index (χ0n) is 12.6. The molecule has 0 fully saturated rings. The number of fused-ring (bicyclic) bond motifs is 1. The summed E-state index contributed by atoms with van der Waals surface area (Å²) in [6.45, 7) is 1.99. The van der Waals surface area contributed by atoms with E-state index < -0.39 is 0 Å². The van der Waals surface area contributed by atoms with Gasteiger partial charge in [0.2, 0.25) is 5.91 Å². The molecule has 3 rings (SSSR count). The van der Waals surface area contributed by atoms with E-state index in [0.29, 0.717) is 0 Å². The molecular formula is C18H17N3O. The summed E-state index contributed by atoms with van der Waals surface area (Å²) < 4.78 is 0. The second kappa shape index (κ2) is 5.85. The molecule has 0 spiro atoms. The largest absolute Gasteiger partial charge is 0.356 e. The molecule has 0 unspecified atom stereocenters. The Labute approximate surface area is 128 Å². The van der Waals surface area contributed by atoms with Crippen LogP contribution in [-0.4, -0.2) is 23.2 Å². The van der Waals surface area contributed by atoms with E-state index in [1.54, 1.807) is 13.1 Å². The summed E-state index contributed by atoms with van der Waals surface area (Å²) in [5, 5.41) is 10.9. The summed E-state index contributed by atoms with van der Waals surface area (Å²) >= 11 is 0. The van der Waals surface area contributed by atoms with Crippen LogP contribution in [0.2, 0.25) is 0 Å². The van der Waals surface area contributed by atoms with Crippen LogP contribution in [0.3, 0.4) is 0 Å². The van der Waals surface area contributed by atoms with E-state index in [-0.39, 0.29) is 5.91 Å². The van der Waals surface area contributed by atoms with Crippen LogP contribution in [-0.2, 0) is 4.79 Å². The molecule has 2 N–H and O–H groups in total. The molecule has 0 aliphatic carbocycles. The number of benzene rings is 2. The van der Waals surface area contributed by atoms with Gasteiger partial charge in [-0.1, -0.05) is 36.4 Å². The number of carbonyl (C=O) groups is 1. The number of amides is 1. The van der Waals surface area contributed by atoms with E-state index in [9.17, 15) is 4.79 Å². The molecule has 1 heterocycles. The van der Waals surface area contributed by atoms with Crippen molar-refractivity contribution in [3.8, 4) is 0 Å². The van der Waals surface area contributed by atoms with Crippen LogP contribution >= 0.6 is 0 Å². The van der Waals surface area contributed by atoms with Crippen LogP contribution in [0, 0.1) is 6.92 Å². The Morgan fingerprint density at radius 2 is 1.91 bits per heavy atom. The van der Waals surface area contributed by atoms with Crippen LogP contribution in [0.1, 0.15) is 16.8 Å². The summed E-state index contributed by atoms with van der Waals surface area (Å²) in [5.74, 6) is -0.122. The summed E-state index contributed by atoms with van der Waals surface area (Å²) in [4.78, 5) is 11.8. The smallest absolute Gasteiger partial charge is 0.244 e. The molecule has 22 heavy (non-hydrogen) atoms. The number of aryl methyl sites for hydroxylation is 1. The second-order valence-electron chi connectivity index (χ2n) is 5.12. The standard InChI is InChI=1S/C18H17N3O/c1-12-15-10-14(8-9-17(15)21-20-12)16(11-18(22)19-2)13-6-4-3-5-7-13/h3-11H,1-2H3,(H,19,22)(H,20,21). The van der Waals surface area contributed by atoms with Crippen molar-refractivity contribution >= 4 is 22.4 Å². The Bertz CT molecular complexity index is 847. The van der Waals surface area contributed by atoms with Crippen molar-refractivity contribution in [3.05, 3.63) is 71.4 Å². The molecule has 110 valence electrons. The number of hydrogen-bond acceptors (Lipinski definition) is 2. The monoisotopic (exact) mass is 291 g/mol. The van der Waals surface area contributed by atoms with Gasteiger partial charge in [-0.3, -0.25) is 9.89 Å². The number of hydrogen-bond donors (Lipinski definition) is 2. The maximum absolute atomic E-state index is 11.8. The third kappa shape index (κ3) is 2.63. The SMILES string of the molecule is CNC(=O)C=C(c1ccccc1)c1ccc2n[nH]c(C)c2c1. The van der Waals surface area contributed by atoms with Crippen molar-refractivity contribution < 1.29 is 4.79 Å². The fourth-order valence-electron chi connectivity index (χ4n) is 2.46. The highest BCUT2D eigenvalue weighted by Gasteiger charge is 2.10. The highest BCUT2D eigenvalue weighted by atomic mass is 16.1. The Morgan fingerprint density at radius 1 is 1.14 bits per heavy atom. The minimum atomic E-state index is -0.122. The van der Waals surface area contributed by atoms with E-state index in [0.717, 1.165) is 33.3 Å². The van der Waals surface area contributed by atoms with Crippen molar-refractivity contribution in [1.29, 1.82) is 0 Å². The van der Waals surface area contributed by atoms with Crippen molar-refractivity contribution in [2.24, 2.45) is 0 Å². The number of aromatic nitrogens is 2. The van der Waals surface area contributed by atoms with Gasteiger partial charge in [-0.15, -0.1) is 0 Å². The predicted molar refractivity (Wildman–Crippen MR) is 88.4 cm³/mol. The van der Waals surface area contributed by atoms with Crippen molar-refractivity contribution in [3.63, 3.8) is 0 Å². The highest BCUT2D eigenvalue weighted by molar-refractivity contribution is 6.00. The second-order valence-corrected chi connectivity index (χ2v) is 5.12. The number of rotatable bonds is 3. The minimum Gasteiger partial charge on any atom is -0.356 e. The average Bonchev–Trinajstić information content (AvgIpc) is 2.94. The molecule has 0 atom stereocenters. The average molecular weight is 291 g/mol. The van der Waals surface area contributed by atoms with E-state index in [4.69, 9.17) is 0 Å². The number of aromatic amines is 1. The number of carbonyl (C=O) groups excluding carboxylic acids is 1. The molecule has 4 heteroatoms. The molecule has 0 aliphatic heterocycles. The zero-order chi connectivity index (χ0) is 15.5. The molecule has 0 saturated heterocycles. The van der Waals surface area contributed by atoms with Gasteiger partial charge in [0.25, 0.3) is 0 Å². The quantitative estimate of drug-likeness (QED) is 0.729. The van der Waals surface area contributed by atoms with Crippen molar-refractivity contribution in [2.45, 2.75) is 6.92 Å². The zero-order valence-corrected chi connectivity index (χ0v) is 12.6. The van der Waals surface area contributed by atoms with Gasteiger partial charge >= 0.3 is 0 Å². The first-order chi connectivity index (χ1) is 10.7. The normalized spacial score (nSPS) is 11.6. The molecule has 0 radical (unpaired) electrons. The van der Waals surface area contributed by atoms with Crippen LogP contribution in [0.15, 0.2) is 54.6 Å². The fraction of sp³-hybridized carbons (Fsp3) is 0.111. The van der Waals surface area contributed by atoms with Crippen molar-refractivity contribution in [2.75, 3.05) is 7.05 Å². The molecule has 4 nitrogen and oxygen atoms in total. The van der Waals surface area contributed by atoms with Crippen LogP contribution < -0.4 is 5.32 Å². The first-order valence-electron chi connectivity index (χ1n) is 7.13. The lowest BCUT2D eigenvalue weighted by atomic mass is 9.96. The molecule has 1 amide bonds. The van der Waals surface area contributed by atoms with E-state index in [1.165, 1.54) is 0 Å². The summed E-state index contributed by atoms with van der Waals surface area (Å²) in [5.41, 5.74) is 4.83. The summed E-state index contributed by atoms with van der Waals surface area (Å²) in [6.07, 6.45) is 1.63. The number of likely N-dealkylation sites (N-methyl/N-ethyl adjacent to an activating group) is 1. The van der Waals surface area contributed by atoms with Gasteiger partial charge < -0.3 is 5.32 Å². The molecular weight excluding hydrogens is 274 g/mol. The van der Waals surface area contributed by atoms with Gasteiger partial charge in [0, 0.05) is 24.2 Å². The van der Waals surface area contributed by atoms with Gasteiger partial charge in [-0.25, -0.2) is 0 Å². The topological polar surface area (TPSA) is 57.8 Å². The van der Waals surface area contributed by atoms with Gasteiger partial charge in [0.1, 0.15) is 0 Å². The fourth-order valence-corrected chi connectivity index (χ4v) is 2.46. The van der Waals surface area contributed by atoms with Gasteiger partial charge in [0.15, 0.2) is 0 Å². The Morgan fingerprint density at radius 3 is 2.64 bits per heavy atom. The van der Waals surface area contributed by atoms with Crippen LogP contribution in [0.4, 0.5) is 0 Å². The molecule has 0 aliphatic rings. The summed E-state index contributed by atoms with van der Waals surface area (Å²) in [6, 6.07) is 15.9. The molecule has 2 aromatic carbocycles. The third-order valence-corrected chi connectivity index (χ3v) is 3.66. The van der Waals surface area contributed by atoms with Gasteiger partial charge in [-0.05, 0) is 35.8 Å². The molecule has 0 bridgehead atoms. The lowest BCUT2D eigenvalue weighted by Gasteiger charge is -2.09. The Hall–Kier alpha value is -2.88. The van der Waals surface area contributed by atoms with Gasteiger partial charge in [-0.2, -0.15) is 5.10 Å². The van der Waals surface area contributed by atoms with Crippen LogP contribution in [0.5, 0.6) is 0 Å². The van der Waals surface area contributed by atoms with Crippen LogP contribution in [0.25, 0.3) is 16.5 Å². The lowest BCUT2D eigenvalue weighted by molar-refractivity contribution is -0.116. The van der Waals surface area contributed by atoms with Crippen molar-refractivity contribution in [1.82, 2.24) is 15.5 Å². The third-order valence-electron chi connectivity index (χ3n) is 3.66. The highest BCUT2D eigenvalue weighted by Crippen LogP contribution is 2.27. The Balaban J connectivity index is 2.17. The summed E-state index contributed by atoms with van der Waals surface area (Å²) in [7, 11) is 1.63. The van der Waals surface area contributed by atoms with Gasteiger partial charge in [0.05, 0.1) is 5.52 Å². The number of nitrogens with zero attached hydrogens (tertiary/aromatic N) is 1. The number of nitrogens with one attached hydrogen (secondary N) is 2. The predicted octanol–water partition coefficient (Wildman–Crippen LogP) is 3.05. The molecule has 0 saturated carbocycles. The first-order valence-corrected chi connectivity index (χ1v) is 7.13. The minimum absolute atomic E-state index is 0.122. The maximum Gasteiger partial charge on any atom is 0.244 e. The maximum atomic E-state index is 11.8. The van der Waals surface area contributed by atoms with E-state index in [1.807, 2.05) is 49.4 Å².